The second-order valence-electron chi connectivity index (χ2n) is 6.32. The number of carbonyl (C=O) groups is 2. The molecule has 2 aliphatic heterocycles. The van der Waals surface area contributed by atoms with Crippen LogP contribution in [0.15, 0.2) is 0 Å². The highest BCUT2D eigenvalue weighted by atomic mass is 16.6. The summed E-state index contributed by atoms with van der Waals surface area (Å²) < 4.78 is 5.35. The first-order chi connectivity index (χ1) is 8.28. The number of aliphatic carboxylic acids is 1. The predicted octanol–water partition coefficient (Wildman–Crippen LogP) is 2.11. The molecular weight excluding hydrogens is 234 g/mol. The number of amides is 1. The van der Waals surface area contributed by atoms with Gasteiger partial charge in [0, 0.05) is 12.6 Å². The first-order valence-electron chi connectivity index (χ1n) is 6.50. The van der Waals surface area contributed by atoms with Crippen LogP contribution < -0.4 is 0 Å². The molecule has 5 heteroatoms. The molecule has 0 radical (unpaired) electrons. The van der Waals surface area contributed by atoms with E-state index in [1.807, 2.05) is 20.8 Å². The fourth-order valence-electron chi connectivity index (χ4n) is 2.99. The van der Waals surface area contributed by atoms with Crippen molar-refractivity contribution in [3.63, 3.8) is 0 Å². The highest BCUT2D eigenvalue weighted by molar-refractivity contribution is 5.74. The lowest BCUT2D eigenvalue weighted by molar-refractivity contribution is -0.149. The number of nitrogens with zero attached hydrogens (tertiary/aromatic N) is 1. The average Bonchev–Trinajstić information content (AvgIpc) is 2.27. The molecule has 0 aromatic carbocycles. The van der Waals surface area contributed by atoms with Gasteiger partial charge in [0.15, 0.2) is 0 Å². The zero-order valence-corrected chi connectivity index (χ0v) is 11.2. The van der Waals surface area contributed by atoms with Crippen molar-refractivity contribution in [1.29, 1.82) is 0 Å². The zero-order valence-electron chi connectivity index (χ0n) is 11.2. The summed E-state index contributed by atoms with van der Waals surface area (Å²) in [4.78, 5) is 24.9. The van der Waals surface area contributed by atoms with Crippen LogP contribution in [0.25, 0.3) is 0 Å². The van der Waals surface area contributed by atoms with Gasteiger partial charge in [0.05, 0.1) is 5.92 Å². The van der Waals surface area contributed by atoms with Gasteiger partial charge in [-0.3, -0.25) is 4.79 Å². The summed E-state index contributed by atoms with van der Waals surface area (Å²) in [6.07, 6.45) is 2.12. The topological polar surface area (TPSA) is 66.8 Å². The molecule has 1 saturated carbocycles. The normalized spacial score (nSPS) is 31.3. The van der Waals surface area contributed by atoms with E-state index in [2.05, 4.69) is 0 Å². The Balaban J connectivity index is 2.10. The van der Waals surface area contributed by atoms with E-state index in [4.69, 9.17) is 4.74 Å². The third-order valence-corrected chi connectivity index (χ3v) is 3.72. The van der Waals surface area contributed by atoms with E-state index in [0.717, 1.165) is 12.8 Å². The van der Waals surface area contributed by atoms with Gasteiger partial charge in [-0.15, -0.1) is 0 Å². The van der Waals surface area contributed by atoms with Gasteiger partial charge in [-0.05, 0) is 46.0 Å². The Morgan fingerprint density at radius 1 is 1.28 bits per heavy atom. The van der Waals surface area contributed by atoms with E-state index in [0.29, 0.717) is 18.9 Å². The highest BCUT2D eigenvalue weighted by Crippen LogP contribution is 2.39. The van der Waals surface area contributed by atoms with Crippen molar-refractivity contribution in [2.75, 3.05) is 6.54 Å². The Bertz CT molecular complexity index is 360. The van der Waals surface area contributed by atoms with Crippen LogP contribution in [-0.2, 0) is 9.53 Å². The van der Waals surface area contributed by atoms with Gasteiger partial charge in [-0.25, -0.2) is 4.79 Å². The van der Waals surface area contributed by atoms with Crippen LogP contribution in [0.2, 0.25) is 0 Å². The number of rotatable bonds is 1. The predicted molar refractivity (Wildman–Crippen MR) is 65.2 cm³/mol. The summed E-state index contributed by atoms with van der Waals surface area (Å²) in [5, 5.41) is 9.21. The number of carboxylic acid groups (broad SMARTS) is 1. The Hall–Kier alpha value is -1.26. The summed E-state index contributed by atoms with van der Waals surface area (Å²) >= 11 is 0. The van der Waals surface area contributed by atoms with E-state index in [-0.39, 0.29) is 12.1 Å². The van der Waals surface area contributed by atoms with Crippen molar-refractivity contribution in [3.8, 4) is 0 Å². The standard InChI is InChI=1S/C13H21NO4/c1-13(2,3)18-12(17)14-7-8-4-5-10(14)9(6-8)11(15)16/h8-10H,4-7H2,1-3H3,(H,15,16). The zero-order chi connectivity index (χ0) is 13.5. The van der Waals surface area contributed by atoms with Crippen molar-refractivity contribution in [2.24, 2.45) is 11.8 Å². The summed E-state index contributed by atoms with van der Waals surface area (Å²) in [5.74, 6) is -0.911. The maximum Gasteiger partial charge on any atom is 0.410 e. The molecule has 3 rings (SSSR count). The molecule has 18 heavy (non-hydrogen) atoms. The van der Waals surface area contributed by atoms with E-state index >= 15 is 0 Å². The maximum absolute atomic E-state index is 12.1. The number of hydrogen-bond acceptors (Lipinski definition) is 3. The first-order valence-corrected chi connectivity index (χ1v) is 6.50. The molecule has 3 fully saturated rings. The maximum atomic E-state index is 12.1. The van der Waals surface area contributed by atoms with Crippen LogP contribution in [0.5, 0.6) is 0 Å². The number of piperidine rings is 2. The molecule has 102 valence electrons. The fourth-order valence-corrected chi connectivity index (χ4v) is 2.99. The van der Waals surface area contributed by atoms with Gasteiger partial charge in [-0.1, -0.05) is 0 Å². The lowest BCUT2D eigenvalue weighted by Gasteiger charge is -2.48. The second kappa shape index (κ2) is 4.44. The summed E-state index contributed by atoms with van der Waals surface area (Å²) in [7, 11) is 0. The van der Waals surface area contributed by atoms with E-state index in [1.54, 1.807) is 4.90 Å². The van der Waals surface area contributed by atoms with Crippen molar-refractivity contribution >= 4 is 12.1 Å². The van der Waals surface area contributed by atoms with E-state index in [9.17, 15) is 14.7 Å². The first kappa shape index (κ1) is 13.2. The van der Waals surface area contributed by atoms with Crippen LogP contribution in [0.1, 0.15) is 40.0 Å². The van der Waals surface area contributed by atoms with Crippen LogP contribution in [0.3, 0.4) is 0 Å². The van der Waals surface area contributed by atoms with Crippen LogP contribution in [0.4, 0.5) is 4.79 Å². The molecule has 1 N–H and O–H groups in total. The van der Waals surface area contributed by atoms with Gasteiger partial charge >= 0.3 is 12.1 Å². The third kappa shape index (κ3) is 2.60. The molecule has 2 bridgehead atoms. The van der Waals surface area contributed by atoms with Crippen LogP contribution >= 0.6 is 0 Å². The number of ether oxygens (including phenoxy) is 1. The van der Waals surface area contributed by atoms with Gasteiger partial charge in [0.1, 0.15) is 5.60 Å². The molecule has 1 amide bonds. The smallest absolute Gasteiger partial charge is 0.410 e. The Labute approximate surface area is 107 Å². The molecule has 2 saturated heterocycles. The Morgan fingerprint density at radius 3 is 2.44 bits per heavy atom. The van der Waals surface area contributed by atoms with Crippen molar-refractivity contribution < 1.29 is 19.4 Å². The summed E-state index contributed by atoms with van der Waals surface area (Å²) in [5.41, 5.74) is -0.535. The largest absolute Gasteiger partial charge is 0.481 e. The van der Waals surface area contributed by atoms with Crippen molar-refractivity contribution in [2.45, 2.75) is 51.7 Å². The van der Waals surface area contributed by atoms with Gasteiger partial charge < -0.3 is 14.7 Å². The minimum Gasteiger partial charge on any atom is -0.481 e. The molecule has 0 aromatic rings. The average molecular weight is 255 g/mol. The van der Waals surface area contributed by atoms with Gasteiger partial charge in [0.2, 0.25) is 0 Å². The lowest BCUT2D eigenvalue weighted by atomic mass is 9.73. The number of fused-ring (bicyclic) bond motifs is 3. The molecule has 3 unspecified atom stereocenters. The van der Waals surface area contributed by atoms with Crippen LogP contribution in [-0.4, -0.2) is 40.3 Å². The monoisotopic (exact) mass is 255 g/mol. The van der Waals surface area contributed by atoms with Crippen molar-refractivity contribution in [3.05, 3.63) is 0 Å². The molecule has 0 spiro atoms. The lowest BCUT2D eigenvalue weighted by Crippen LogP contribution is -2.57. The minimum absolute atomic E-state index is 0.192. The molecule has 0 aromatic heterocycles. The van der Waals surface area contributed by atoms with Crippen molar-refractivity contribution in [1.82, 2.24) is 4.90 Å². The van der Waals surface area contributed by atoms with E-state index < -0.39 is 17.5 Å². The van der Waals surface area contributed by atoms with Crippen LogP contribution in [0, 0.1) is 11.8 Å². The molecule has 2 heterocycles. The molecular formula is C13H21NO4. The van der Waals surface area contributed by atoms with Gasteiger partial charge in [-0.2, -0.15) is 0 Å². The van der Waals surface area contributed by atoms with E-state index in [1.165, 1.54) is 0 Å². The Kier molecular flexibility index (Phi) is 3.25. The summed E-state index contributed by atoms with van der Waals surface area (Å²) in [6, 6.07) is -0.192. The number of carboxylic acids is 1. The molecule has 3 atom stereocenters. The number of carbonyl (C=O) groups excluding carboxylic acids is 1. The number of hydrogen-bond donors (Lipinski definition) is 1. The fraction of sp³-hybridized carbons (Fsp3) is 0.846. The van der Waals surface area contributed by atoms with Gasteiger partial charge in [0.25, 0.3) is 0 Å². The molecule has 5 nitrogen and oxygen atoms in total. The highest BCUT2D eigenvalue weighted by Gasteiger charge is 2.46. The Morgan fingerprint density at radius 2 is 1.94 bits per heavy atom. The summed E-state index contributed by atoms with van der Waals surface area (Å²) in [6.45, 7) is 6.11. The molecule has 3 aliphatic rings. The SMILES string of the molecule is CC(C)(C)OC(=O)N1CC2CCC1C(C(=O)O)C2. The second-order valence-corrected chi connectivity index (χ2v) is 6.32. The minimum atomic E-state index is -0.794. The third-order valence-electron chi connectivity index (χ3n) is 3.72. The quantitative estimate of drug-likeness (QED) is 0.779. The molecule has 1 aliphatic carbocycles.